The van der Waals surface area contributed by atoms with Gasteiger partial charge in [-0.1, -0.05) is 0 Å². The zero-order valence-corrected chi connectivity index (χ0v) is 4.35. The van der Waals surface area contributed by atoms with Crippen LogP contribution in [0.25, 0.3) is 0 Å². The smallest absolute Gasteiger partial charge is 0.0564 e. The van der Waals surface area contributed by atoms with E-state index >= 15 is 0 Å². The molecule has 2 N–H and O–H groups in total. The van der Waals surface area contributed by atoms with Gasteiger partial charge in [0.1, 0.15) is 0 Å². The molecule has 0 spiro atoms. The maximum atomic E-state index is 8.87. The van der Waals surface area contributed by atoms with Crippen LogP contribution in [-0.4, -0.2) is 24.3 Å². The Hall–Kier alpha value is -0.0800. The summed E-state index contributed by atoms with van der Waals surface area (Å²) in [6, 6.07) is 0. The Morgan fingerprint density at radius 2 is 1.86 bits per heavy atom. The predicted octanol–water partition coefficient (Wildman–Crippen LogP) is -0.269. The van der Waals surface area contributed by atoms with Crippen molar-refractivity contribution < 1.29 is 5.11 Å². The molecule has 0 aromatic heterocycles. The number of piperidine rings is 1. The molecule has 0 unspecified atom stereocenters. The molecule has 0 aromatic carbocycles. The number of aliphatic hydroxyl groups is 1. The molecule has 1 fully saturated rings. The van der Waals surface area contributed by atoms with Crippen molar-refractivity contribution in [2.75, 3.05) is 13.1 Å². The van der Waals surface area contributed by atoms with E-state index in [1.54, 1.807) is 0 Å². The Labute approximate surface area is 43.5 Å². The van der Waals surface area contributed by atoms with Crippen LogP contribution in [0.15, 0.2) is 0 Å². The molecule has 0 amide bonds. The zero-order valence-electron chi connectivity index (χ0n) is 4.35. The third-order valence-electron chi connectivity index (χ3n) is 1.31. The lowest BCUT2D eigenvalue weighted by Gasteiger charge is -2.16. The van der Waals surface area contributed by atoms with Crippen LogP contribution >= 0.6 is 0 Å². The van der Waals surface area contributed by atoms with Crippen LogP contribution in [-0.2, 0) is 0 Å². The van der Waals surface area contributed by atoms with E-state index in [1.165, 1.54) is 0 Å². The van der Waals surface area contributed by atoms with Crippen LogP contribution in [0.3, 0.4) is 0 Å². The highest BCUT2D eigenvalue weighted by atomic mass is 16.3. The van der Waals surface area contributed by atoms with E-state index in [9.17, 15) is 0 Å². The number of hydrogen-bond acceptors (Lipinski definition) is 2. The van der Waals surface area contributed by atoms with Crippen molar-refractivity contribution in [3.05, 3.63) is 0 Å². The maximum Gasteiger partial charge on any atom is 0.0564 e. The van der Waals surface area contributed by atoms with E-state index in [4.69, 9.17) is 5.11 Å². The minimum atomic E-state index is -0.0266. The van der Waals surface area contributed by atoms with Gasteiger partial charge in [0.05, 0.1) is 6.10 Å². The third-order valence-corrected chi connectivity index (χ3v) is 1.31. The van der Waals surface area contributed by atoms with Gasteiger partial charge in [-0.05, 0) is 25.9 Å². The molecule has 1 rings (SSSR count). The van der Waals surface area contributed by atoms with Gasteiger partial charge in [-0.2, -0.15) is 0 Å². The van der Waals surface area contributed by atoms with E-state index in [2.05, 4.69) is 5.32 Å². The second kappa shape index (κ2) is 2.28. The van der Waals surface area contributed by atoms with Crippen LogP contribution in [0.2, 0.25) is 0 Å². The first-order chi connectivity index (χ1) is 3.39. The summed E-state index contributed by atoms with van der Waals surface area (Å²) in [5, 5.41) is 12.0. The van der Waals surface area contributed by atoms with Crippen LogP contribution < -0.4 is 5.32 Å². The lowest BCUT2D eigenvalue weighted by Crippen LogP contribution is -2.30. The summed E-state index contributed by atoms with van der Waals surface area (Å²) in [5.41, 5.74) is 0. The summed E-state index contributed by atoms with van der Waals surface area (Å²) in [5.74, 6) is 0. The molecule has 0 radical (unpaired) electrons. The molecule has 0 bridgehead atoms. The molecule has 2 heteroatoms. The van der Waals surface area contributed by atoms with E-state index in [0.29, 0.717) is 0 Å². The fraction of sp³-hybridized carbons (Fsp3) is 1.00. The largest absolute Gasteiger partial charge is 0.393 e. The summed E-state index contributed by atoms with van der Waals surface area (Å²) < 4.78 is 0. The molecule has 0 aliphatic carbocycles. The third kappa shape index (κ3) is 1.45. The fourth-order valence-electron chi connectivity index (χ4n) is 0.807. The Morgan fingerprint density at radius 1 is 1.29 bits per heavy atom. The van der Waals surface area contributed by atoms with Gasteiger partial charge in [-0.3, -0.25) is 0 Å². The van der Waals surface area contributed by atoms with Crippen molar-refractivity contribution in [1.82, 2.24) is 5.32 Å². The summed E-state index contributed by atoms with van der Waals surface area (Å²) in [6.45, 7) is 1.97. The highest BCUT2D eigenvalue weighted by molar-refractivity contribution is 4.65. The minimum Gasteiger partial charge on any atom is -0.393 e. The van der Waals surface area contributed by atoms with Crippen LogP contribution in [0.5, 0.6) is 0 Å². The number of rotatable bonds is 0. The Morgan fingerprint density at radius 3 is 2.14 bits per heavy atom. The van der Waals surface area contributed by atoms with Crippen LogP contribution in [0.1, 0.15) is 12.8 Å². The zero-order chi connectivity index (χ0) is 5.11. The molecule has 42 valence electrons. The molecule has 0 saturated carbocycles. The molecule has 1 heterocycles. The summed E-state index contributed by atoms with van der Waals surface area (Å²) in [7, 11) is 0. The van der Waals surface area contributed by atoms with Gasteiger partial charge >= 0.3 is 0 Å². The molecule has 1 saturated heterocycles. The van der Waals surface area contributed by atoms with Crippen molar-refractivity contribution in [2.45, 2.75) is 18.9 Å². The minimum absolute atomic E-state index is 0.0266. The molecular formula is C5H11NO. The highest BCUT2D eigenvalue weighted by Gasteiger charge is 2.06. The van der Waals surface area contributed by atoms with E-state index in [0.717, 1.165) is 25.9 Å². The van der Waals surface area contributed by atoms with Gasteiger partial charge in [0.25, 0.3) is 0 Å². The quantitative estimate of drug-likeness (QED) is 0.413. The van der Waals surface area contributed by atoms with Crippen molar-refractivity contribution >= 4 is 0 Å². The van der Waals surface area contributed by atoms with Gasteiger partial charge in [0.2, 0.25) is 0 Å². The van der Waals surface area contributed by atoms with Crippen molar-refractivity contribution in [3.63, 3.8) is 0 Å². The standard InChI is InChI=1S/C5H11NO/c7-5-1-3-6-4-2-5/h5-7H,1-4H2/i6+1. The maximum absolute atomic E-state index is 8.87. The molecule has 1 aliphatic rings. The first-order valence-electron chi connectivity index (χ1n) is 2.78. The summed E-state index contributed by atoms with van der Waals surface area (Å²) >= 11 is 0. The average Bonchev–Trinajstić information content (AvgIpc) is 1.69. The van der Waals surface area contributed by atoms with Gasteiger partial charge in [-0.25, -0.2) is 0 Å². The topological polar surface area (TPSA) is 32.3 Å². The monoisotopic (exact) mass is 102 g/mol. The molecule has 0 aromatic rings. The van der Waals surface area contributed by atoms with Crippen molar-refractivity contribution in [1.29, 1.82) is 0 Å². The second-order valence-corrected chi connectivity index (χ2v) is 1.98. The average molecular weight is 102 g/mol. The predicted molar refractivity (Wildman–Crippen MR) is 28.1 cm³/mol. The summed E-state index contributed by atoms with van der Waals surface area (Å²) in [4.78, 5) is 0. The van der Waals surface area contributed by atoms with E-state index < -0.39 is 0 Å². The number of nitrogens with one attached hydrogen (secondary N) is 1. The number of aliphatic hydroxyl groups excluding tert-OH is 1. The van der Waals surface area contributed by atoms with Gasteiger partial charge < -0.3 is 10.4 Å². The molecular weight excluding hydrogens is 91.1 g/mol. The number of hydrogen-bond donors (Lipinski definition) is 2. The lowest BCUT2D eigenvalue weighted by atomic mass is 10.1. The van der Waals surface area contributed by atoms with E-state index in [-0.39, 0.29) is 6.10 Å². The molecule has 0 atom stereocenters. The van der Waals surface area contributed by atoms with Gasteiger partial charge in [0.15, 0.2) is 0 Å². The van der Waals surface area contributed by atoms with Gasteiger partial charge in [-0.15, -0.1) is 0 Å². The first-order valence-corrected chi connectivity index (χ1v) is 2.78. The van der Waals surface area contributed by atoms with Crippen LogP contribution in [0, 0.1) is 0 Å². The molecule has 1 aliphatic heterocycles. The van der Waals surface area contributed by atoms with Gasteiger partial charge in [0, 0.05) is 0 Å². The van der Waals surface area contributed by atoms with Crippen molar-refractivity contribution in [3.8, 4) is 0 Å². The van der Waals surface area contributed by atoms with Crippen molar-refractivity contribution in [2.24, 2.45) is 0 Å². The molecule has 2 nitrogen and oxygen atoms in total. The lowest BCUT2D eigenvalue weighted by molar-refractivity contribution is 0.137. The van der Waals surface area contributed by atoms with Crippen LogP contribution in [0.4, 0.5) is 0 Å². The SMILES string of the molecule is OC1CC[15NH]CC1. The first kappa shape index (κ1) is 5.06. The summed E-state index contributed by atoms with van der Waals surface area (Å²) in [6.07, 6.45) is 1.83. The van der Waals surface area contributed by atoms with E-state index in [1.807, 2.05) is 0 Å². The fourth-order valence-corrected chi connectivity index (χ4v) is 0.807. The molecule has 7 heavy (non-hydrogen) atoms. The Kier molecular flexibility index (Phi) is 1.65. The second-order valence-electron chi connectivity index (χ2n) is 1.98. The Bertz CT molecular complexity index is 50.0. The normalized spacial score (nSPS) is 25.3. The highest BCUT2D eigenvalue weighted by Crippen LogP contribution is 1.99. The Balaban J connectivity index is 2.12.